The van der Waals surface area contributed by atoms with E-state index >= 15 is 0 Å². The summed E-state index contributed by atoms with van der Waals surface area (Å²) in [6, 6.07) is 5.51. The number of aromatic hydroxyl groups is 1. The molecule has 0 aliphatic rings. The van der Waals surface area contributed by atoms with Gasteiger partial charge in [0.2, 0.25) is 0 Å². The standard InChI is InChI=1S/C8H10O.BrH.Ca.2H/c1-6-3-7(2)5-8(9)4-6;;;;/h3-5,9H,1-2H3;1H;;;. The molecule has 11 heavy (non-hydrogen) atoms. The molecule has 0 atom stereocenters. The van der Waals surface area contributed by atoms with Crippen LogP contribution in [0.15, 0.2) is 18.2 Å². The van der Waals surface area contributed by atoms with Crippen molar-refractivity contribution in [2.24, 2.45) is 0 Å². The first-order valence-corrected chi connectivity index (χ1v) is 2.96. The van der Waals surface area contributed by atoms with Crippen molar-refractivity contribution in [1.82, 2.24) is 0 Å². The zero-order valence-electron chi connectivity index (χ0n) is 6.09. The fourth-order valence-corrected chi connectivity index (χ4v) is 0.951. The number of rotatable bonds is 0. The minimum atomic E-state index is 0. The van der Waals surface area contributed by atoms with Gasteiger partial charge in [0.1, 0.15) is 5.75 Å². The molecule has 60 valence electrons. The number of phenolic OH excluding ortho intramolecular Hbond substituents is 1. The molecule has 1 nitrogen and oxygen atoms in total. The molecule has 1 rings (SSSR count). The summed E-state index contributed by atoms with van der Waals surface area (Å²) in [6.45, 7) is 3.93. The summed E-state index contributed by atoms with van der Waals surface area (Å²) in [7, 11) is 0. The molecule has 0 fully saturated rings. The molecule has 0 saturated carbocycles. The van der Waals surface area contributed by atoms with Crippen LogP contribution in [0.25, 0.3) is 0 Å². The van der Waals surface area contributed by atoms with Crippen molar-refractivity contribution in [2.75, 3.05) is 0 Å². The van der Waals surface area contributed by atoms with Crippen LogP contribution >= 0.6 is 17.0 Å². The van der Waals surface area contributed by atoms with Crippen LogP contribution in [0.2, 0.25) is 0 Å². The molecule has 3 heteroatoms. The molecule has 1 aromatic rings. The molecule has 0 spiro atoms. The first kappa shape index (κ1) is 14.3. The SMILES string of the molecule is Br.Cc1cc(C)cc(O)c1.[CaH2]. The van der Waals surface area contributed by atoms with Crippen molar-refractivity contribution < 1.29 is 5.11 Å². The van der Waals surface area contributed by atoms with Gasteiger partial charge in [-0.05, 0) is 37.1 Å². The molecule has 1 N–H and O–H groups in total. The molecule has 1 aromatic carbocycles. The molecule has 0 saturated heterocycles. The van der Waals surface area contributed by atoms with Crippen LogP contribution in [0.3, 0.4) is 0 Å². The average Bonchev–Trinajstić information content (AvgIpc) is 1.59. The Hall–Kier alpha value is 0.760. The Balaban J connectivity index is 0. The summed E-state index contributed by atoms with van der Waals surface area (Å²) < 4.78 is 0. The van der Waals surface area contributed by atoms with Crippen LogP contribution in [0.4, 0.5) is 0 Å². The monoisotopic (exact) mass is 244 g/mol. The molecule has 0 aromatic heterocycles. The molecule has 0 heterocycles. The quantitative estimate of drug-likeness (QED) is 0.689. The molecule has 0 bridgehead atoms. The van der Waals surface area contributed by atoms with Crippen LogP contribution in [-0.4, -0.2) is 42.8 Å². The average molecular weight is 245 g/mol. The fraction of sp³-hybridized carbons (Fsp3) is 0.250. The predicted octanol–water partition coefficient (Wildman–Crippen LogP) is 1.67. The molecule has 0 amide bonds. The Morgan fingerprint density at radius 3 is 1.64 bits per heavy atom. The predicted molar refractivity (Wildman–Crippen MR) is 56.4 cm³/mol. The first-order valence-electron chi connectivity index (χ1n) is 2.96. The van der Waals surface area contributed by atoms with E-state index in [0.717, 1.165) is 11.1 Å². The first-order chi connectivity index (χ1) is 4.18. The van der Waals surface area contributed by atoms with Gasteiger partial charge in [0.25, 0.3) is 0 Å². The van der Waals surface area contributed by atoms with Crippen molar-refractivity contribution in [2.45, 2.75) is 13.8 Å². The van der Waals surface area contributed by atoms with E-state index in [2.05, 4.69) is 0 Å². The molecular formula is C8H13BrCaO. The third kappa shape index (κ3) is 5.07. The van der Waals surface area contributed by atoms with Gasteiger partial charge in [-0.3, -0.25) is 0 Å². The number of hydrogen-bond acceptors (Lipinski definition) is 1. The molecule has 0 radical (unpaired) electrons. The summed E-state index contributed by atoms with van der Waals surface area (Å²) >= 11 is 0. The van der Waals surface area contributed by atoms with Crippen molar-refractivity contribution in [3.05, 3.63) is 29.3 Å². The second-order valence-corrected chi connectivity index (χ2v) is 2.35. The van der Waals surface area contributed by atoms with E-state index < -0.39 is 0 Å². The van der Waals surface area contributed by atoms with E-state index in [1.54, 1.807) is 12.1 Å². The fourth-order valence-electron chi connectivity index (χ4n) is 0.951. The summed E-state index contributed by atoms with van der Waals surface area (Å²) in [5.74, 6) is 0.354. The maximum atomic E-state index is 8.99. The van der Waals surface area contributed by atoms with Crippen molar-refractivity contribution in [1.29, 1.82) is 0 Å². The van der Waals surface area contributed by atoms with Crippen LogP contribution in [0, 0.1) is 13.8 Å². The zero-order valence-corrected chi connectivity index (χ0v) is 7.80. The van der Waals surface area contributed by atoms with Gasteiger partial charge in [-0.25, -0.2) is 0 Å². The summed E-state index contributed by atoms with van der Waals surface area (Å²) in [6.07, 6.45) is 0. The van der Waals surface area contributed by atoms with Crippen molar-refractivity contribution >= 4 is 54.7 Å². The Kier molecular flexibility index (Phi) is 8.18. The van der Waals surface area contributed by atoms with Gasteiger partial charge in [0.15, 0.2) is 0 Å². The normalized spacial score (nSPS) is 7.82. The van der Waals surface area contributed by atoms with E-state index in [9.17, 15) is 0 Å². The van der Waals surface area contributed by atoms with E-state index in [-0.39, 0.29) is 54.7 Å². The Bertz CT molecular complexity index is 175. The zero-order chi connectivity index (χ0) is 6.85. The second kappa shape index (κ2) is 6.29. The van der Waals surface area contributed by atoms with E-state index in [4.69, 9.17) is 5.11 Å². The van der Waals surface area contributed by atoms with Gasteiger partial charge in [0.05, 0.1) is 0 Å². The Morgan fingerprint density at radius 2 is 1.36 bits per heavy atom. The molecular weight excluding hydrogens is 232 g/mol. The topological polar surface area (TPSA) is 20.2 Å². The Morgan fingerprint density at radius 1 is 1.00 bits per heavy atom. The number of halogens is 1. The maximum absolute atomic E-state index is 8.99. The van der Waals surface area contributed by atoms with Crippen molar-refractivity contribution in [3.63, 3.8) is 0 Å². The van der Waals surface area contributed by atoms with Crippen LogP contribution in [0.5, 0.6) is 5.75 Å². The van der Waals surface area contributed by atoms with Gasteiger partial charge in [0, 0.05) is 0 Å². The second-order valence-electron chi connectivity index (χ2n) is 2.35. The van der Waals surface area contributed by atoms with E-state index in [0.29, 0.717) is 5.75 Å². The van der Waals surface area contributed by atoms with Crippen LogP contribution in [0.1, 0.15) is 11.1 Å². The van der Waals surface area contributed by atoms with Crippen LogP contribution < -0.4 is 0 Å². The van der Waals surface area contributed by atoms with Gasteiger partial charge in [-0.2, -0.15) is 0 Å². The van der Waals surface area contributed by atoms with Gasteiger partial charge < -0.3 is 5.11 Å². The minimum absolute atomic E-state index is 0. The van der Waals surface area contributed by atoms with Crippen molar-refractivity contribution in [3.8, 4) is 5.75 Å². The third-order valence-corrected chi connectivity index (χ3v) is 1.21. The number of benzene rings is 1. The van der Waals surface area contributed by atoms with Gasteiger partial charge >= 0.3 is 37.7 Å². The Labute approximate surface area is 108 Å². The summed E-state index contributed by atoms with van der Waals surface area (Å²) in [4.78, 5) is 0. The van der Waals surface area contributed by atoms with Crippen LogP contribution in [-0.2, 0) is 0 Å². The molecule has 0 aliphatic heterocycles. The molecule has 0 aliphatic carbocycles. The number of phenols is 1. The third-order valence-electron chi connectivity index (χ3n) is 1.21. The van der Waals surface area contributed by atoms with E-state index in [1.807, 2.05) is 19.9 Å². The molecule has 0 unspecified atom stereocenters. The number of hydrogen-bond donors (Lipinski definition) is 1. The number of aryl methyl sites for hydroxylation is 2. The van der Waals surface area contributed by atoms with E-state index in [1.165, 1.54) is 0 Å². The summed E-state index contributed by atoms with van der Waals surface area (Å²) in [5, 5.41) is 8.99. The summed E-state index contributed by atoms with van der Waals surface area (Å²) in [5.41, 5.74) is 2.21. The van der Waals surface area contributed by atoms with Gasteiger partial charge in [-0.15, -0.1) is 17.0 Å². The van der Waals surface area contributed by atoms with Gasteiger partial charge in [-0.1, -0.05) is 6.07 Å².